The largest absolute Gasteiger partial charge is 1.00 e. The van der Waals surface area contributed by atoms with Crippen molar-refractivity contribution in [2.24, 2.45) is 5.92 Å². The summed E-state index contributed by atoms with van der Waals surface area (Å²) in [6, 6.07) is 7.62. The Balaban J connectivity index is 0. The van der Waals surface area contributed by atoms with E-state index in [1.807, 2.05) is 45.0 Å². The van der Waals surface area contributed by atoms with Crippen molar-refractivity contribution in [1.82, 2.24) is 11.1 Å². The smallest absolute Gasteiger partial charge is 0.533 e. The van der Waals surface area contributed by atoms with Crippen molar-refractivity contribution in [2.45, 2.75) is 78.9 Å². The molecular formula is C24H40KN3O2. The average molecular weight is 442 g/mol. The minimum absolute atomic E-state index is 0. The standard InChI is InChI=1S/C22H31N2O2.C2H6.K.H3N/c1-4-6-16-23-26-22(19-13-8-7-9-14-19)24(17-5-2)21(25)20-15-11-10-12-18(20)3;1-2;;/h2,10-12,15,19,22H,4,6-9,13-14,16-17H2,1,3H3;1-2H3;;1H3/q-1;;+1;. The van der Waals surface area contributed by atoms with Gasteiger partial charge in [0.15, 0.2) is 0 Å². The van der Waals surface area contributed by atoms with Crippen molar-refractivity contribution in [2.75, 3.05) is 13.1 Å². The molecule has 30 heavy (non-hydrogen) atoms. The number of rotatable bonds is 9. The third-order valence-corrected chi connectivity index (χ3v) is 5.04. The molecule has 0 spiro atoms. The van der Waals surface area contributed by atoms with E-state index in [9.17, 15) is 4.79 Å². The molecule has 0 aromatic heterocycles. The molecule has 0 saturated heterocycles. The van der Waals surface area contributed by atoms with Crippen LogP contribution in [-0.4, -0.2) is 30.1 Å². The van der Waals surface area contributed by atoms with E-state index >= 15 is 0 Å². The Hall–Kier alpha value is -0.234. The van der Waals surface area contributed by atoms with Crippen LogP contribution < -0.4 is 57.5 Å². The topological polar surface area (TPSA) is 78.6 Å². The van der Waals surface area contributed by atoms with E-state index in [1.54, 1.807) is 4.90 Å². The van der Waals surface area contributed by atoms with Gasteiger partial charge < -0.3 is 21.4 Å². The molecule has 1 aromatic carbocycles. The Morgan fingerprint density at radius 2 is 1.90 bits per heavy atom. The van der Waals surface area contributed by atoms with Gasteiger partial charge >= 0.3 is 51.4 Å². The van der Waals surface area contributed by atoms with Crippen LogP contribution in [0.15, 0.2) is 24.3 Å². The van der Waals surface area contributed by atoms with Gasteiger partial charge in [0.1, 0.15) is 6.23 Å². The maximum Gasteiger partial charge on any atom is 1.00 e. The molecule has 0 bridgehead atoms. The van der Waals surface area contributed by atoms with Crippen molar-refractivity contribution >= 4 is 5.91 Å². The molecule has 1 saturated carbocycles. The Labute approximate surface area is 227 Å². The summed E-state index contributed by atoms with van der Waals surface area (Å²) in [6.07, 6.45) is 13.0. The van der Waals surface area contributed by atoms with Crippen LogP contribution in [0.3, 0.4) is 0 Å². The van der Waals surface area contributed by atoms with Crippen LogP contribution >= 0.6 is 0 Å². The van der Waals surface area contributed by atoms with Crippen molar-refractivity contribution in [1.29, 1.82) is 0 Å². The molecule has 3 N–H and O–H groups in total. The van der Waals surface area contributed by atoms with Gasteiger partial charge in [0, 0.05) is 11.5 Å². The SMILES string of the molecule is C#CCN(C(=O)c1ccccc1C)C(O[N-]CCCC)C1CCCCC1.CC.N.[K+]. The number of hydrogen-bond acceptors (Lipinski definition) is 3. The summed E-state index contributed by atoms with van der Waals surface area (Å²) < 4.78 is 0. The number of amides is 1. The van der Waals surface area contributed by atoms with Crippen molar-refractivity contribution in [3.63, 3.8) is 0 Å². The second kappa shape index (κ2) is 19.5. The van der Waals surface area contributed by atoms with E-state index in [4.69, 9.17) is 11.3 Å². The van der Waals surface area contributed by atoms with Crippen LogP contribution in [0.5, 0.6) is 0 Å². The molecule has 0 radical (unpaired) electrons. The fraction of sp³-hybridized carbons (Fsp3) is 0.625. The van der Waals surface area contributed by atoms with Crippen LogP contribution in [0.4, 0.5) is 0 Å². The first kappa shape index (κ1) is 31.9. The summed E-state index contributed by atoms with van der Waals surface area (Å²) in [5.41, 5.74) is 5.91. The zero-order valence-electron chi connectivity index (χ0n) is 19.8. The van der Waals surface area contributed by atoms with Gasteiger partial charge in [-0.3, -0.25) is 4.79 Å². The third kappa shape index (κ3) is 10.4. The first-order chi connectivity index (χ1) is 13.7. The van der Waals surface area contributed by atoms with Gasteiger partial charge in [0.25, 0.3) is 5.91 Å². The molecule has 1 atom stereocenters. The van der Waals surface area contributed by atoms with Crippen molar-refractivity contribution in [3.05, 3.63) is 40.9 Å². The summed E-state index contributed by atoms with van der Waals surface area (Å²) >= 11 is 0. The Morgan fingerprint density at radius 3 is 2.47 bits per heavy atom. The second-order valence-electron chi connectivity index (χ2n) is 7.05. The maximum atomic E-state index is 13.2. The number of carbonyl (C=O) groups is 1. The number of carbonyl (C=O) groups excluding carboxylic acids is 1. The minimum Gasteiger partial charge on any atom is -0.533 e. The molecule has 1 fully saturated rings. The van der Waals surface area contributed by atoms with Crippen LogP contribution in [-0.2, 0) is 4.84 Å². The molecule has 0 aliphatic heterocycles. The fourth-order valence-electron chi connectivity index (χ4n) is 3.51. The van der Waals surface area contributed by atoms with E-state index in [-0.39, 0.29) is 82.1 Å². The Bertz CT molecular complexity index is 613. The number of nitrogens with zero attached hydrogens (tertiary/aromatic N) is 2. The van der Waals surface area contributed by atoms with E-state index < -0.39 is 0 Å². The summed E-state index contributed by atoms with van der Waals surface area (Å²) in [4.78, 5) is 20.9. The van der Waals surface area contributed by atoms with Gasteiger partial charge in [-0.25, -0.2) is 0 Å². The normalized spacial score (nSPS) is 14.1. The summed E-state index contributed by atoms with van der Waals surface area (Å²) in [5.74, 6) is 2.86. The number of aryl methyl sites for hydroxylation is 1. The third-order valence-electron chi connectivity index (χ3n) is 5.04. The molecule has 1 aliphatic carbocycles. The van der Waals surface area contributed by atoms with Gasteiger partial charge in [0.05, 0.1) is 6.54 Å². The van der Waals surface area contributed by atoms with Crippen LogP contribution in [0.25, 0.3) is 5.48 Å². The zero-order chi connectivity index (χ0) is 20.8. The molecule has 164 valence electrons. The molecule has 0 heterocycles. The number of hydrogen-bond donors (Lipinski definition) is 1. The summed E-state index contributed by atoms with van der Waals surface area (Å²) in [6.45, 7) is 8.96. The number of hydroxylamine groups is 1. The van der Waals surface area contributed by atoms with Crippen LogP contribution in [0, 0.1) is 25.2 Å². The minimum atomic E-state index is -0.379. The summed E-state index contributed by atoms with van der Waals surface area (Å²) in [7, 11) is 0. The van der Waals surface area contributed by atoms with E-state index in [0.29, 0.717) is 12.1 Å². The first-order valence-corrected chi connectivity index (χ1v) is 10.8. The molecular weight excluding hydrogens is 401 g/mol. The Morgan fingerprint density at radius 1 is 1.27 bits per heavy atom. The first-order valence-electron chi connectivity index (χ1n) is 10.8. The van der Waals surface area contributed by atoms with Gasteiger partial charge in [-0.2, -0.15) is 0 Å². The van der Waals surface area contributed by atoms with Crippen LogP contribution in [0.2, 0.25) is 0 Å². The Kier molecular flexibility index (Phi) is 20.7. The quantitative estimate of drug-likeness (QED) is 0.210. The fourth-order valence-corrected chi connectivity index (χ4v) is 3.51. The molecule has 1 aromatic rings. The second-order valence-corrected chi connectivity index (χ2v) is 7.05. The zero-order valence-corrected chi connectivity index (χ0v) is 22.9. The van der Waals surface area contributed by atoms with Gasteiger partial charge in [0.2, 0.25) is 0 Å². The summed E-state index contributed by atoms with van der Waals surface area (Å²) in [5, 5.41) is 0. The molecule has 1 aliphatic rings. The van der Waals surface area contributed by atoms with Gasteiger partial charge in [-0.15, -0.1) is 13.0 Å². The van der Waals surface area contributed by atoms with E-state index in [2.05, 4.69) is 18.3 Å². The van der Waals surface area contributed by atoms with Crippen LogP contribution in [0.1, 0.15) is 81.6 Å². The van der Waals surface area contributed by atoms with E-state index in [0.717, 1.165) is 31.2 Å². The number of unbranched alkanes of at least 4 members (excludes halogenated alkanes) is 1. The molecule has 1 amide bonds. The number of terminal acetylenes is 1. The molecule has 6 heteroatoms. The average Bonchev–Trinajstić information content (AvgIpc) is 2.74. The predicted octanol–water partition coefficient (Wildman–Crippen LogP) is 3.27. The number of benzene rings is 1. The van der Waals surface area contributed by atoms with Crippen molar-refractivity contribution < 1.29 is 61.0 Å². The van der Waals surface area contributed by atoms with Gasteiger partial charge in [-0.1, -0.05) is 77.0 Å². The molecule has 1 unspecified atom stereocenters. The molecule has 2 rings (SSSR count). The maximum absolute atomic E-state index is 13.2. The van der Waals surface area contributed by atoms with Gasteiger partial charge in [-0.05, 0) is 31.4 Å². The monoisotopic (exact) mass is 441 g/mol. The van der Waals surface area contributed by atoms with Crippen molar-refractivity contribution in [3.8, 4) is 12.3 Å². The molecule has 5 nitrogen and oxygen atoms in total. The van der Waals surface area contributed by atoms with E-state index in [1.165, 1.54) is 19.3 Å². The predicted molar refractivity (Wildman–Crippen MR) is 122 cm³/mol.